The lowest BCUT2D eigenvalue weighted by Crippen LogP contribution is -2.22. The molecule has 0 fully saturated rings. The Bertz CT molecular complexity index is 664. The highest BCUT2D eigenvalue weighted by atomic mass is 32.2. The van der Waals surface area contributed by atoms with Crippen LogP contribution in [0.5, 0.6) is 0 Å². The third-order valence-electron chi connectivity index (χ3n) is 2.10. The zero-order valence-corrected chi connectivity index (χ0v) is 10.4. The van der Waals surface area contributed by atoms with E-state index in [1.165, 1.54) is 12.3 Å². The Hall–Kier alpha value is -2.42. The molecule has 0 aliphatic carbocycles. The first-order valence-corrected chi connectivity index (χ1v) is 6.78. The minimum Gasteiger partial charge on any atom is -0.480 e. The summed E-state index contributed by atoms with van der Waals surface area (Å²) >= 11 is 0. The monoisotopic (exact) mass is 282 g/mol. The average molecular weight is 282 g/mol. The maximum Gasteiger partial charge on any atom is 0.320 e. The molecule has 0 saturated heterocycles. The van der Waals surface area contributed by atoms with Gasteiger partial charge in [0.1, 0.15) is 12.1 Å². The molecule has 0 bridgehead atoms. The van der Waals surface area contributed by atoms with Gasteiger partial charge >= 0.3 is 5.97 Å². The molecular formula is C10H10N4O4S. The van der Waals surface area contributed by atoms with Crippen molar-refractivity contribution in [1.29, 1.82) is 0 Å². The second kappa shape index (κ2) is 5.06. The van der Waals surface area contributed by atoms with Gasteiger partial charge in [-0.3, -0.25) is 14.1 Å². The van der Waals surface area contributed by atoms with Crippen molar-refractivity contribution in [3.05, 3.63) is 37.1 Å². The van der Waals surface area contributed by atoms with E-state index < -0.39 is 21.7 Å². The van der Waals surface area contributed by atoms with E-state index in [2.05, 4.69) is 14.7 Å². The van der Waals surface area contributed by atoms with Gasteiger partial charge in [0.25, 0.3) is 0 Å². The Kier molecular flexibility index (Phi) is 3.47. The van der Waals surface area contributed by atoms with Gasteiger partial charge in [-0.25, -0.2) is 18.4 Å². The van der Waals surface area contributed by atoms with Crippen molar-refractivity contribution >= 4 is 21.7 Å². The Balaban J connectivity index is 2.13. The largest absolute Gasteiger partial charge is 0.480 e. The Morgan fingerprint density at radius 2 is 2.21 bits per heavy atom. The first-order valence-electron chi connectivity index (χ1n) is 5.13. The summed E-state index contributed by atoms with van der Waals surface area (Å²) in [5.74, 6) is -1.84. The van der Waals surface area contributed by atoms with Crippen LogP contribution in [0.3, 0.4) is 0 Å². The van der Waals surface area contributed by atoms with Crippen LogP contribution in [-0.2, 0) is 14.8 Å². The number of anilines is 1. The Labute approximate surface area is 108 Å². The van der Waals surface area contributed by atoms with E-state index in [0.717, 1.165) is 0 Å². The molecule has 0 aliphatic heterocycles. The molecule has 9 heteroatoms. The van der Waals surface area contributed by atoms with Crippen molar-refractivity contribution in [3.8, 4) is 5.82 Å². The van der Waals surface area contributed by atoms with Gasteiger partial charge in [-0.15, -0.1) is 0 Å². The highest BCUT2D eigenvalue weighted by Crippen LogP contribution is 2.11. The quantitative estimate of drug-likeness (QED) is 0.803. The maximum atomic E-state index is 11.4. The molecule has 0 saturated carbocycles. The van der Waals surface area contributed by atoms with Crippen LogP contribution in [0.4, 0.5) is 5.69 Å². The van der Waals surface area contributed by atoms with E-state index in [-0.39, 0.29) is 5.69 Å². The molecule has 0 aliphatic rings. The van der Waals surface area contributed by atoms with Gasteiger partial charge in [-0.1, -0.05) is 0 Å². The lowest BCUT2D eigenvalue weighted by atomic mass is 10.4. The van der Waals surface area contributed by atoms with Crippen molar-refractivity contribution in [2.45, 2.75) is 0 Å². The first-order chi connectivity index (χ1) is 8.96. The molecule has 2 aromatic rings. The van der Waals surface area contributed by atoms with Gasteiger partial charge in [0, 0.05) is 12.4 Å². The normalized spacial score (nSPS) is 11.2. The predicted octanol–water partition coefficient (Wildman–Crippen LogP) is 0.0936. The first kappa shape index (κ1) is 13.0. The second-order valence-electron chi connectivity index (χ2n) is 3.63. The smallest absolute Gasteiger partial charge is 0.320 e. The summed E-state index contributed by atoms with van der Waals surface area (Å²) in [6.45, 7) is 0. The summed E-state index contributed by atoms with van der Waals surface area (Å²) in [5.41, 5.74) is 0.199. The van der Waals surface area contributed by atoms with E-state index in [4.69, 9.17) is 5.11 Å². The Morgan fingerprint density at radius 1 is 1.42 bits per heavy atom. The zero-order chi connectivity index (χ0) is 13.9. The minimum atomic E-state index is -3.91. The molecule has 8 nitrogen and oxygen atoms in total. The lowest BCUT2D eigenvalue weighted by Gasteiger charge is -2.06. The van der Waals surface area contributed by atoms with Crippen molar-refractivity contribution in [1.82, 2.24) is 14.5 Å². The molecule has 0 radical (unpaired) electrons. The number of imidazole rings is 1. The number of aromatic nitrogens is 3. The topological polar surface area (TPSA) is 114 Å². The van der Waals surface area contributed by atoms with Gasteiger partial charge < -0.3 is 5.11 Å². The van der Waals surface area contributed by atoms with Crippen LogP contribution >= 0.6 is 0 Å². The molecule has 0 aromatic carbocycles. The fourth-order valence-electron chi connectivity index (χ4n) is 1.37. The highest BCUT2D eigenvalue weighted by molar-refractivity contribution is 7.93. The van der Waals surface area contributed by atoms with E-state index in [1.807, 2.05) is 0 Å². The number of pyridine rings is 1. The number of carbonyl (C=O) groups is 1. The van der Waals surface area contributed by atoms with Gasteiger partial charge in [-0.2, -0.15) is 0 Å². The van der Waals surface area contributed by atoms with Crippen LogP contribution in [0, 0.1) is 0 Å². The molecule has 2 rings (SSSR count). The van der Waals surface area contributed by atoms with Crippen LogP contribution in [-0.4, -0.2) is 39.8 Å². The highest BCUT2D eigenvalue weighted by Gasteiger charge is 2.15. The van der Waals surface area contributed by atoms with Gasteiger partial charge in [-0.05, 0) is 12.1 Å². The van der Waals surface area contributed by atoms with Crippen molar-refractivity contribution in [2.75, 3.05) is 10.5 Å². The predicted molar refractivity (Wildman–Crippen MR) is 66.4 cm³/mol. The SMILES string of the molecule is O=C(O)CS(=O)(=O)Nc1ccc(-n2ccnc2)nc1. The van der Waals surface area contributed by atoms with Gasteiger partial charge in [0.15, 0.2) is 5.75 Å². The number of carboxylic acid groups (broad SMARTS) is 1. The summed E-state index contributed by atoms with van der Waals surface area (Å²) < 4.78 is 26.6. The fraction of sp³-hybridized carbons (Fsp3) is 0.100. The molecule has 0 unspecified atom stereocenters. The van der Waals surface area contributed by atoms with Crippen LogP contribution in [0.15, 0.2) is 37.1 Å². The van der Waals surface area contributed by atoms with E-state index >= 15 is 0 Å². The van der Waals surface area contributed by atoms with Crippen LogP contribution in [0.25, 0.3) is 5.82 Å². The van der Waals surface area contributed by atoms with Crippen LogP contribution in [0.1, 0.15) is 0 Å². The van der Waals surface area contributed by atoms with E-state index in [9.17, 15) is 13.2 Å². The zero-order valence-electron chi connectivity index (χ0n) is 9.59. The van der Waals surface area contributed by atoms with Crippen LogP contribution in [0.2, 0.25) is 0 Å². The van der Waals surface area contributed by atoms with Crippen molar-refractivity contribution in [2.24, 2.45) is 0 Å². The third kappa shape index (κ3) is 3.52. The summed E-state index contributed by atoms with van der Waals surface area (Å²) in [6.07, 6.45) is 6.13. The summed E-state index contributed by atoms with van der Waals surface area (Å²) in [7, 11) is -3.91. The molecule has 2 heterocycles. The molecule has 2 aromatic heterocycles. The molecule has 0 amide bonds. The van der Waals surface area contributed by atoms with Crippen molar-refractivity contribution in [3.63, 3.8) is 0 Å². The number of carboxylic acids is 1. The lowest BCUT2D eigenvalue weighted by molar-refractivity contribution is -0.134. The maximum absolute atomic E-state index is 11.4. The molecule has 0 spiro atoms. The molecule has 19 heavy (non-hydrogen) atoms. The summed E-state index contributed by atoms with van der Waals surface area (Å²) in [6, 6.07) is 3.07. The van der Waals surface area contributed by atoms with Crippen LogP contribution < -0.4 is 4.72 Å². The Morgan fingerprint density at radius 3 is 2.74 bits per heavy atom. The number of aliphatic carboxylic acids is 1. The number of sulfonamides is 1. The molecule has 100 valence electrons. The number of nitrogens with one attached hydrogen (secondary N) is 1. The number of rotatable bonds is 5. The minimum absolute atomic E-state index is 0.199. The summed E-state index contributed by atoms with van der Waals surface area (Å²) in [5, 5.41) is 8.45. The number of hydrogen-bond acceptors (Lipinski definition) is 5. The van der Waals surface area contributed by atoms with E-state index in [0.29, 0.717) is 5.82 Å². The standard InChI is InChI=1S/C10H10N4O4S/c15-10(16)6-19(17,18)13-8-1-2-9(12-5-8)14-4-3-11-7-14/h1-5,7,13H,6H2,(H,15,16). The second-order valence-corrected chi connectivity index (χ2v) is 5.35. The molecular weight excluding hydrogens is 272 g/mol. The summed E-state index contributed by atoms with van der Waals surface area (Å²) in [4.78, 5) is 18.3. The third-order valence-corrected chi connectivity index (χ3v) is 3.28. The van der Waals surface area contributed by atoms with Gasteiger partial charge in [0.2, 0.25) is 10.0 Å². The molecule has 0 atom stereocenters. The number of hydrogen-bond donors (Lipinski definition) is 2. The average Bonchev–Trinajstić information content (AvgIpc) is 2.81. The van der Waals surface area contributed by atoms with Gasteiger partial charge in [0.05, 0.1) is 11.9 Å². The molecule has 2 N–H and O–H groups in total. The van der Waals surface area contributed by atoms with E-state index in [1.54, 1.807) is 29.4 Å². The van der Waals surface area contributed by atoms with Crippen molar-refractivity contribution < 1.29 is 18.3 Å². The number of nitrogens with zero attached hydrogens (tertiary/aromatic N) is 3. The fourth-order valence-corrected chi connectivity index (χ4v) is 2.25.